The highest BCUT2D eigenvalue weighted by atomic mass is 16.5. The van der Waals surface area contributed by atoms with Gasteiger partial charge in [0.1, 0.15) is 11.9 Å². The van der Waals surface area contributed by atoms with Crippen molar-refractivity contribution in [3.8, 4) is 5.75 Å². The molecule has 0 radical (unpaired) electrons. The second kappa shape index (κ2) is 6.95. The Hall–Kier alpha value is -3.02. The molecular formula is C21H23N3O3. The first-order valence-electron chi connectivity index (χ1n) is 9.29. The van der Waals surface area contributed by atoms with Gasteiger partial charge < -0.3 is 19.9 Å². The van der Waals surface area contributed by atoms with E-state index in [1.807, 2.05) is 11.0 Å². The number of ether oxygens (including phenoxy) is 1. The molecular weight excluding hydrogens is 342 g/mol. The number of anilines is 2. The van der Waals surface area contributed by atoms with Gasteiger partial charge in [0.15, 0.2) is 0 Å². The van der Waals surface area contributed by atoms with Gasteiger partial charge in [-0.3, -0.25) is 9.59 Å². The number of methoxy groups -OCH3 is 1. The smallest absolute Gasteiger partial charge is 0.257 e. The van der Waals surface area contributed by atoms with Crippen LogP contribution in [-0.2, 0) is 0 Å². The van der Waals surface area contributed by atoms with Gasteiger partial charge in [0.2, 0.25) is 0 Å². The molecule has 2 aliphatic heterocycles. The van der Waals surface area contributed by atoms with Gasteiger partial charge in [-0.15, -0.1) is 0 Å². The lowest BCUT2D eigenvalue weighted by Crippen LogP contribution is -2.52. The zero-order valence-corrected chi connectivity index (χ0v) is 15.6. The summed E-state index contributed by atoms with van der Waals surface area (Å²) in [5.41, 5.74) is 2.77. The van der Waals surface area contributed by atoms with Gasteiger partial charge in [-0.1, -0.05) is 0 Å². The number of rotatable bonds is 4. The van der Waals surface area contributed by atoms with Gasteiger partial charge in [0.05, 0.1) is 18.4 Å². The Morgan fingerprint density at radius 2 is 2.00 bits per heavy atom. The highest BCUT2D eigenvalue weighted by molar-refractivity contribution is 6.08. The number of fused-ring (bicyclic) bond motifs is 2. The maximum atomic E-state index is 12.8. The molecule has 2 heterocycles. The van der Waals surface area contributed by atoms with Crippen LogP contribution in [0.4, 0.5) is 11.4 Å². The molecule has 0 saturated carbocycles. The third-order valence-electron chi connectivity index (χ3n) is 5.33. The third kappa shape index (κ3) is 3.01. The largest absolute Gasteiger partial charge is 0.497 e. The van der Waals surface area contributed by atoms with Crippen LogP contribution in [0.25, 0.3) is 0 Å². The number of carbonyl (C=O) groups is 2. The molecule has 1 fully saturated rings. The van der Waals surface area contributed by atoms with E-state index in [0.717, 1.165) is 37.4 Å². The van der Waals surface area contributed by atoms with Crippen LogP contribution in [0.3, 0.4) is 0 Å². The number of amides is 2. The van der Waals surface area contributed by atoms with Crippen molar-refractivity contribution in [1.82, 2.24) is 4.90 Å². The molecule has 2 amide bonds. The highest BCUT2D eigenvalue weighted by Crippen LogP contribution is 2.36. The summed E-state index contributed by atoms with van der Waals surface area (Å²) in [6.45, 7) is 3.68. The molecule has 1 N–H and O–H groups in total. The van der Waals surface area contributed by atoms with Gasteiger partial charge in [-0.25, -0.2) is 0 Å². The molecule has 1 unspecified atom stereocenters. The van der Waals surface area contributed by atoms with Crippen molar-refractivity contribution in [2.24, 2.45) is 0 Å². The fraction of sp³-hybridized carbons (Fsp3) is 0.333. The molecule has 0 spiro atoms. The first-order valence-corrected chi connectivity index (χ1v) is 9.29. The lowest BCUT2D eigenvalue weighted by molar-refractivity contribution is 0.0715. The second-order valence-electron chi connectivity index (χ2n) is 6.82. The molecule has 2 aromatic rings. The fourth-order valence-corrected chi connectivity index (χ4v) is 3.98. The Labute approximate surface area is 158 Å². The summed E-state index contributed by atoms with van der Waals surface area (Å²) >= 11 is 0. The van der Waals surface area contributed by atoms with Crippen LogP contribution in [0.2, 0.25) is 0 Å². The van der Waals surface area contributed by atoms with Crippen molar-refractivity contribution in [2.45, 2.75) is 25.9 Å². The number of hydrogen-bond acceptors (Lipinski definition) is 4. The maximum absolute atomic E-state index is 12.8. The zero-order valence-electron chi connectivity index (χ0n) is 15.6. The van der Waals surface area contributed by atoms with Crippen molar-refractivity contribution in [3.63, 3.8) is 0 Å². The minimum Gasteiger partial charge on any atom is -0.497 e. The predicted octanol–water partition coefficient (Wildman–Crippen LogP) is 3.35. The van der Waals surface area contributed by atoms with Crippen LogP contribution in [0.15, 0.2) is 42.5 Å². The standard InChI is InChI=1S/C21H23N3O3/c1-3-23-18-13-14(20(25)22-15-7-9-16(27-2)10-8-15)6-11-17(18)21(26)24-12-4-5-19(23)24/h6-11,13,19H,3-5,12H2,1-2H3,(H,22,25). The quantitative estimate of drug-likeness (QED) is 0.903. The average molecular weight is 365 g/mol. The molecule has 1 saturated heterocycles. The second-order valence-corrected chi connectivity index (χ2v) is 6.82. The fourth-order valence-electron chi connectivity index (χ4n) is 3.98. The molecule has 0 aromatic heterocycles. The summed E-state index contributed by atoms with van der Waals surface area (Å²) < 4.78 is 5.14. The lowest BCUT2D eigenvalue weighted by Gasteiger charge is -2.41. The van der Waals surface area contributed by atoms with Gasteiger partial charge in [-0.2, -0.15) is 0 Å². The Bertz CT molecular complexity index is 879. The summed E-state index contributed by atoms with van der Waals surface area (Å²) in [5, 5.41) is 2.90. The molecule has 2 aliphatic rings. The Kier molecular flexibility index (Phi) is 4.48. The summed E-state index contributed by atoms with van der Waals surface area (Å²) in [7, 11) is 1.60. The van der Waals surface area contributed by atoms with Crippen LogP contribution >= 0.6 is 0 Å². The molecule has 6 heteroatoms. The SMILES string of the molecule is CCN1c2cc(C(=O)Nc3ccc(OC)cc3)ccc2C(=O)N2CCCC21. The number of nitrogens with one attached hydrogen (secondary N) is 1. The van der Waals surface area contributed by atoms with Crippen LogP contribution in [0, 0.1) is 0 Å². The Balaban J connectivity index is 1.61. The monoisotopic (exact) mass is 365 g/mol. The van der Waals surface area contributed by atoms with Crippen LogP contribution in [-0.4, -0.2) is 43.1 Å². The van der Waals surface area contributed by atoms with Gasteiger partial charge in [0.25, 0.3) is 11.8 Å². The van der Waals surface area contributed by atoms with E-state index in [-0.39, 0.29) is 18.0 Å². The van der Waals surface area contributed by atoms with Gasteiger partial charge >= 0.3 is 0 Å². The van der Waals surface area contributed by atoms with Crippen LogP contribution in [0.5, 0.6) is 5.75 Å². The summed E-state index contributed by atoms with van der Waals surface area (Å²) in [6, 6.07) is 12.5. The Morgan fingerprint density at radius 1 is 1.22 bits per heavy atom. The van der Waals surface area contributed by atoms with Crippen molar-refractivity contribution in [2.75, 3.05) is 30.4 Å². The number of benzene rings is 2. The van der Waals surface area contributed by atoms with E-state index in [1.54, 1.807) is 43.5 Å². The summed E-state index contributed by atoms with van der Waals surface area (Å²) in [5.74, 6) is 0.611. The lowest BCUT2D eigenvalue weighted by atomic mass is 10.0. The number of hydrogen-bond donors (Lipinski definition) is 1. The molecule has 140 valence electrons. The van der Waals surface area contributed by atoms with Crippen molar-refractivity contribution in [1.29, 1.82) is 0 Å². The van der Waals surface area contributed by atoms with E-state index in [9.17, 15) is 9.59 Å². The summed E-state index contributed by atoms with van der Waals surface area (Å²) in [6.07, 6.45) is 2.10. The van der Waals surface area contributed by atoms with Crippen molar-refractivity contribution >= 4 is 23.2 Å². The Morgan fingerprint density at radius 3 is 2.70 bits per heavy atom. The molecule has 1 atom stereocenters. The minimum atomic E-state index is -0.194. The molecule has 2 aromatic carbocycles. The normalized spacial score (nSPS) is 18.1. The first kappa shape index (κ1) is 17.4. The third-order valence-corrected chi connectivity index (χ3v) is 5.33. The summed E-state index contributed by atoms with van der Waals surface area (Å²) in [4.78, 5) is 29.7. The predicted molar refractivity (Wildman–Crippen MR) is 104 cm³/mol. The molecule has 27 heavy (non-hydrogen) atoms. The number of carbonyl (C=O) groups excluding carboxylic acids is 2. The van der Waals surface area contributed by atoms with Crippen molar-refractivity contribution < 1.29 is 14.3 Å². The highest BCUT2D eigenvalue weighted by Gasteiger charge is 2.39. The van der Waals surface area contributed by atoms with E-state index in [0.29, 0.717) is 16.8 Å². The minimum absolute atomic E-state index is 0.0688. The number of nitrogens with zero attached hydrogens (tertiary/aromatic N) is 2. The molecule has 4 rings (SSSR count). The van der Waals surface area contributed by atoms with Crippen LogP contribution in [0.1, 0.15) is 40.5 Å². The molecule has 0 bridgehead atoms. The van der Waals surface area contributed by atoms with E-state index in [2.05, 4.69) is 17.1 Å². The topological polar surface area (TPSA) is 61.9 Å². The van der Waals surface area contributed by atoms with Crippen LogP contribution < -0.4 is 15.0 Å². The maximum Gasteiger partial charge on any atom is 0.257 e. The van der Waals surface area contributed by atoms with E-state index in [1.165, 1.54) is 0 Å². The van der Waals surface area contributed by atoms with Crippen molar-refractivity contribution in [3.05, 3.63) is 53.6 Å². The average Bonchev–Trinajstić information content (AvgIpc) is 3.18. The molecule has 0 aliphatic carbocycles. The first-order chi connectivity index (χ1) is 13.1. The van der Waals surface area contributed by atoms with E-state index >= 15 is 0 Å². The van der Waals surface area contributed by atoms with Gasteiger partial charge in [0, 0.05) is 24.3 Å². The molecule has 6 nitrogen and oxygen atoms in total. The zero-order chi connectivity index (χ0) is 19.0. The van der Waals surface area contributed by atoms with E-state index in [4.69, 9.17) is 4.74 Å². The van der Waals surface area contributed by atoms with Gasteiger partial charge in [-0.05, 0) is 62.2 Å². The van der Waals surface area contributed by atoms with E-state index < -0.39 is 0 Å².